The summed E-state index contributed by atoms with van der Waals surface area (Å²) in [5.74, 6) is -0.995. The molecular formula is C11H19F3N2O2S. The maximum absolute atomic E-state index is 12.0. The monoisotopic (exact) mass is 300 g/mol. The van der Waals surface area contributed by atoms with Gasteiger partial charge in [0.25, 0.3) is 0 Å². The molecule has 0 spiro atoms. The van der Waals surface area contributed by atoms with Crippen LogP contribution in [0.1, 0.15) is 19.3 Å². The molecule has 112 valence electrons. The number of nitrogens with zero attached hydrogens (tertiary/aromatic N) is 1. The lowest BCUT2D eigenvalue weighted by Crippen LogP contribution is -2.42. The van der Waals surface area contributed by atoms with E-state index in [1.54, 1.807) is 0 Å². The molecule has 0 aliphatic carbocycles. The Morgan fingerprint density at radius 1 is 1.37 bits per heavy atom. The highest BCUT2D eigenvalue weighted by molar-refractivity contribution is 8.00. The number of alkyl halides is 3. The Hall–Kier alpha value is -0.470. The fourth-order valence-electron chi connectivity index (χ4n) is 1.84. The summed E-state index contributed by atoms with van der Waals surface area (Å²) in [6.07, 6.45) is 2.23. The number of ether oxygens (including phenoxy) is 1. The summed E-state index contributed by atoms with van der Waals surface area (Å²) >= 11 is -0.283. The molecule has 2 N–H and O–H groups in total. The first-order valence-electron chi connectivity index (χ1n) is 6.22. The summed E-state index contributed by atoms with van der Waals surface area (Å²) in [4.78, 5) is 13.0. The highest BCUT2D eigenvalue weighted by Gasteiger charge is 2.31. The minimum Gasteiger partial charge on any atom is -0.378 e. The molecule has 1 rings (SSSR count). The molecule has 0 bridgehead atoms. The van der Waals surface area contributed by atoms with Gasteiger partial charge in [0.1, 0.15) is 0 Å². The van der Waals surface area contributed by atoms with Crippen LogP contribution in [-0.2, 0) is 9.53 Å². The van der Waals surface area contributed by atoms with Crippen LogP contribution in [0.2, 0.25) is 0 Å². The molecule has 8 heteroatoms. The Morgan fingerprint density at radius 2 is 2.00 bits per heavy atom. The van der Waals surface area contributed by atoms with Crippen molar-refractivity contribution in [3.05, 3.63) is 0 Å². The first-order valence-corrected chi connectivity index (χ1v) is 7.21. The number of thioether (sulfide) groups is 1. The van der Waals surface area contributed by atoms with Gasteiger partial charge in [0.15, 0.2) is 0 Å². The second kappa shape index (κ2) is 7.96. The third-order valence-corrected chi connectivity index (χ3v) is 3.57. The molecule has 1 fully saturated rings. The summed E-state index contributed by atoms with van der Waals surface area (Å²) in [5, 5.41) is 0. The van der Waals surface area contributed by atoms with E-state index in [1.807, 2.05) is 0 Å². The van der Waals surface area contributed by atoms with E-state index in [-0.39, 0.29) is 17.9 Å². The van der Waals surface area contributed by atoms with Crippen molar-refractivity contribution in [3.8, 4) is 0 Å². The van der Waals surface area contributed by atoms with Gasteiger partial charge in [-0.3, -0.25) is 4.79 Å². The molecule has 1 heterocycles. The molecule has 1 aliphatic rings. The van der Waals surface area contributed by atoms with Crippen LogP contribution in [0.25, 0.3) is 0 Å². The number of piperidine rings is 1. The quantitative estimate of drug-likeness (QED) is 0.757. The minimum absolute atomic E-state index is 0.0888. The van der Waals surface area contributed by atoms with Crippen LogP contribution in [0, 0.1) is 0 Å². The average Bonchev–Trinajstić information content (AvgIpc) is 2.36. The molecule has 0 unspecified atom stereocenters. The zero-order valence-electron chi connectivity index (χ0n) is 10.6. The third-order valence-electron chi connectivity index (χ3n) is 2.86. The maximum Gasteiger partial charge on any atom is 0.442 e. The van der Waals surface area contributed by atoms with Crippen molar-refractivity contribution >= 4 is 17.7 Å². The zero-order chi connectivity index (χ0) is 14.3. The van der Waals surface area contributed by atoms with E-state index in [4.69, 9.17) is 10.5 Å². The van der Waals surface area contributed by atoms with Crippen molar-refractivity contribution in [3.63, 3.8) is 0 Å². The fraction of sp³-hybridized carbons (Fsp3) is 0.909. The summed E-state index contributed by atoms with van der Waals surface area (Å²) in [5.41, 5.74) is 0.999. The number of hydrogen-bond acceptors (Lipinski definition) is 4. The Labute approximate surface area is 114 Å². The molecule has 1 saturated heterocycles. The number of rotatable bonds is 6. The van der Waals surface area contributed by atoms with E-state index in [2.05, 4.69) is 0 Å². The lowest BCUT2D eigenvalue weighted by Gasteiger charge is -2.32. The molecule has 0 aromatic rings. The van der Waals surface area contributed by atoms with Crippen LogP contribution in [0.3, 0.4) is 0 Å². The molecule has 19 heavy (non-hydrogen) atoms. The van der Waals surface area contributed by atoms with E-state index in [9.17, 15) is 18.0 Å². The number of amides is 1. The second-order valence-corrected chi connectivity index (χ2v) is 5.37. The maximum atomic E-state index is 12.0. The normalized spacial score (nSPS) is 17.8. The minimum atomic E-state index is -4.35. The number of nitrogens with two attached hydrogens (primary N) is 1. The lowest BCUT2D eigenvalue weighted by atomic mass is 10.1. The molecule has 0 radical (unpaired) electrons. The first kappa shape index (κ1) is 16.6. The number of hydrogen-bond donors (Lipinski definition) is 1. The first-order chi connectivity index (χ1) is 8.92. The Balaban J connectivity index is 2.20. The van der Waals surface area contributed by atoms with Gasteiger partial charge < -0.3 is 15.4 Å². The summed E-state index contributed by atoms with van der Waals surface area (Å²) in [6, 6.07) is 0. The lowest BCUT2D eigenvalue weighted by molar-refractivity contribution is -0.131. The third kappa shape index (κ3) is 7.03. The van der Waals surface area contributed by atoms with Gasteiger partial charge in [-0.15, -0.1) is 0 Å². The van der Waals surface area contributed by atoms with E-state index in [0.29, 0.717) is 39.1 Å². The second-order valence-electron chi connectivity index (χ2n) is 4.33. The molecule has 1 aliphatic heterocycles. The van der Waals surface area contributed by atoms with Crippen molar-refractivity contribution in [2.24, 2.45) is 5.73 Å². The molecule has 1 amide bonds. The van der Waals surface area contributed by atoms with Gasteiger partial charge in [-0.1, -0.05) is 0 Å². The fourth-order valence-corrected chi connectivity index (χ4v) is 2.31. The molecule has 0 atom stereocenters. The summed E-state index contributed by atoms with van der Waals surface area (Å²) in [7, 11) is 0. The van der Waals surface area contributed by atoms with Gasteiger partial charge in [-0.05, 0) is 37.6 Å². The van der Waals surface area contributed by atoms with E-state index >= 15 is 0 Å². The summed E-state index contributed by atoms with van der Waals surface area (Å²) in [6.45, 7) is 2.10. The van der Waals surface area contributed by atoms with E-state index < -0.39 is 17.2 Å². The number of likely N-dealkylation sites (tertiary alicyclic amines) is 1. The average molecular weight is 300 g/mol. The SMILES string of the molecule is NCCCOC1CCN(C(=O)CSC(F)(F)F)CC1. The predicted molar refractivity (Wildman–Crippen MR) is 67.7 cm³/mol. The van der Waals surface area contributed by atoms with E-state index in [0.717, 1.165) is 6.42 Å². The Bertz CT molecular complexity index is 282. The van der Waals surface area contributed by atoms with Crippen molar-refractivity contribution in [2.75, 3.05) is 32.0 Å². The Morgan fingerprint density at radius 3 is 2.53 bits per heavy atom. The topological polar surface area (TPSA) is 55.6 Å². The van der Waals surface area contributed by atoms with Crippen LogP contribution >= 0.6 is 11.8 Å². The smallest absolute Gasteiger partial charge is 0.378 e. The van der Waals surface area contributed by atoms with Crippen molar-refractivity contribution in [2.45, 2.75) is 30.9 Å². The van der Waals surface area contributed by atoms with Gasteiger partial charge in [0.05, 0.1) is 11.9 Å². The highest BCUT2D eigenvalue weighted by Crippen LogP contribution is 2.30. The molecular weight excluding hydrogens is 281 g/mol. The predicted octanol–water partition coefficient (Wildman–Crippen LogP) is 1.60. The van der Waals surface area contributed by atoms with Gasteiger partial charge in [-0.25, -0.2) is 0 Å². The van der Waals surface area contributed by atoms with Gasteiger partial charge in [0.2, 0.25) is 5.91 Å². The largest absolute Gasteiger partial charge is 0.442 e. The van der Waals surface area contributed by atoms with Gasteiger partial charge >= 0.3 is 5.51 Å². The molecule has 0 aromatic heterocycles. The standard InChI is InChI=1S/C11H19F3N2O2S/c12-11(13,14)19-8-10(17)16-5-2-9(3-6-16)18-7-1-4-15/h9H,1-8,15H2. The van der Waals surface area contributed by atoms with Crippen molar-refractivity contribution in [1.82, 2.24) is 4.90 Å². The van der Waals surface area contributed by atoms with Crippen LogP contribution in [0.5, 0.6) is 0 Å². The molecule has 0 aromatic carbocycles. The zero-order valence-corrected chi connectivity index (χ0v) is 11.4. The van der Waals surface area contributed by atoms with Crippen molar-refractivity contribution < 1.29 is 22.7 Å². The van der Waals surface area contributed by atoms with Gasteiger partial charge in [0, 0.05) is 19.7 Å². The number of carbonyl (C=O) groups excluding carboxylic acids is 1. The number of halogens is 3. The highest BCUT2D eigenvalue weighted by atomic mass is 32.2. The molecule has 0 saturated carbocycles. The van der Waals surface area contributed by atoms with Crippen LogP contribution in [0.15, 0.2) is 0 Å². The summed E-state index contributed by atoms with van der Waals surface area (Å²) < 4.78 is 41.5. The van der Waals surface area contributed by atoms with Crippen molar-refractivity contribution in [1.29, 1.82) is 0 Å². The van der Waals surface area contributed by atoms with Crippen LogP contribution < -0.4 is 5.73 Å². The molecule has 4 nitrogen and oxygen atoms in total. The van der Waals surface area contributed by atoms with Crippen LogP contribution in [0.4, 0.5) is 13.2 Å². The van der Waals surface area contributed by atoms with Crippen LogP contribution in [-0.4, -0.2) is 54.4 Å². The Kier molecular flexibility index (Phi) is 6.95. The number of carbonyl (C=O) groups is 1. The van der Waals surface area contributed by atoms with E-state index in [1.165, 1.54) is 4.90 Å². The van der Waals surface area contributed by atoms with Gasteiger partial charge in [-0.2, -0.15) is 13.2 Å².